The molecule has 1 heteroatoms. The van der Waals surface area contributed by atoms with Crippen molar-refractivity contribution in [3.8, 4) is 0 Å². The SMILES string of the molecule is CCCC1CCC(=O)C(CC2CCC2)C1. The molecule has 0 aromatic rings. The van der Waals surface area contributed by atoms with E-state index in [1.54, 1.807) is 0 Å². The van der Waals surface area contributed by atoms with E-state index >= 15 is 0 Å². The molecule has 0 radical (unpaired) electrons. The Morgan fingerprint density at radius 1 is 1.20 bits per heavy atom. The quantitative estimate of drug-likeness (QED) is 0.683. The van der Waals surface area contributed by atoms with E-state index < -0.39 is 0 Å². The first kappa shape index (κ1) is 11.2. The molecule has 0 saturated heterocycles. The van der Waals surface area contributed by atoms with Gasteiger partial charge < -0.3 is 0 Å². The average molecular weight is 208 g/mol. The Kier molecular flexibility index (Phi) is 3.82. The lowest BCUT2D eigenvalue weighted by Gasteiger charge is -2.33. The molecule has 2 fully saturated rings. The third kappa shape index (κ3) is 2.83. The van der Waals surface area contributed by atoms with Gasteiger partial charge in [0.2, 0.25) is 0 Å². The van der Waals surface area contributed by atoms with Crippen molar-refractivity contribution < 1.29 is 4.79 Å². The lowest BCUT2D eigenvalue weighted by molar-refractivity contribution is -0.126. The van der Waals surface area contributed by atoms with Crippen LogP contribution in [0.3, 0.4) is 0 Å². The minimum Gasteiger partial charge on any atom is -0.299 e. The van der Waals surface area contributed by atoms with Crippen molar-refractivity contribution in [2.75, 3.05) is 0 Å². The Hall–Kier alpha value is -0.330. The summed E-state index contributed by atoms with van der Waals surface area (Å²) in [4.78, 5) is 11.8. The lowest BCUT2D eigenvalue weighted by atomic mass is 9.71. The number of Topliss-reactive ketones (excluding diaryl/α,β-unsaturated/α-hetero) is 1. The Bertz CT molecular complexity index is 217. The molecule has 2 saturated carbocycles. The maximum atomic E-state index is 11.8. The van der Waals surface area contributed by atoms with Crippen molar-refractivity contribution in [1.82, 2.24) is 0 Å². The van der Waals surface area contributed by atoms with Gasteiger partial charge in [-0.25, -0.2) is 0 Å². The zero-order chi connectivity index (χ0) is 10.7. The van der Waals surface area contributed by atoms with E-state index in [0.717, 1.165) is 18.3 Å². The molecule has 2 atom stereocenters. The molecule has 0 bridgehead atoms. The molecule has 86 valence electrons. The van der Waals surface area contributed by atoms with Crippen molar-refractivity contribution in [1.29, 1.82) is 0 Å². The van der Waals surface area contributed by atoms with Crippen LogP contribution in [0.15, 0.2) is 0 Å². The smallest absolute Gasteiger partial charge is 0.136 e. The Balaban J connectivity index is 1.81. The molecule has 0 aromatic carbocycles. The summed E-state index contributed by atoms with van der Waals surface area (Å²) in [5, 5.41) is 0. The highest BCUT2D eigenvalue weighted by atomic mass is 16.1. The second-order valence-corrected chi connectivity index (χ2v) is 5.62. The molecule has 1 nitrogen and oxygen atoms in total. The van der Waals surface area contributed by atoms with Crippen LogP contribution in [0.2, 0.25) is 0 Å². The minimum atomic E-state index is 0.445. The molecule has 0 heterocycles. The molecular weight excluding hydrogens is 184 g/mol. The molecule has 0 N–H and O–H groups in total. The summed E-state index contributed by atoms with van der Waals surface area (Å²) >= 11 is 0. The molecule has 2 unspecified atom stereocenters. The summed E-state index contributed by atoms with van der Waals surface area (Å²) in [5.41, 5.74) is 0. The van der Waals surface area contributed by atoms with Crippen LogP contribution < -0.4 is 0 Å². The van der Waals surface area contributed by atoms with Crippen LogP contribution in [0.4, 0.5) is 0 Å². The maximum absolute atomic E-state index is 11.8. The molecule has 2 aliphatic rings. The minimum absolute atomic E-state index is 0.445. The summed E-state index contributed by atoms with van der Waals surface area (Å²) in [6, 6.07) is 0. The van der Waals surface area contributed by atoms with Crippen LogP contribution in [0.1, 0.15) is 64.7 Å². The first-order valence-corrected chi connectivity index (χ1v) is 6.82. The second kappa shape index (κ2) is 5.14. The highest BCUT2D eigenvalue weighted by Gasteiger charge is 2.31. The highest BCUT2D eigenvalue weighted by molar-refractivity contribution is 5.81. The number of rotatable bonds is 4. The summed E-state index contributed by atoms with van der Waals surface area (Å²) in [5.74, 6) is 2.78. The first-order valence-electron chi connectivity index (χ1n) is 6.82. The summed E-state index contributed by atoms with van der Waals surface area (Å²) in [6.45, 7) is 2.26. The fraction of sp³-hybridized carbons (Fsp3) is 0.929. The predicted octanol–water partition coefficient (Wildman–Crippen LogP) is 3.96. The van der Waals surface area contributed by atoms with E-state index in [0.29, 0.717) is 11.7 Å². The standard InChI is InChI=1S/C14H24O/c1-2-4-11-7-8-14(15)13(9-11)10-12-5-3-6-12/h11-13H,2-10H2,1H3. The summed E-state index contributed by atoms with van der Waals surface area (Å²) in [7, 11) is 0. The third-order valence-electron chi connectivity index (χ3n) is 4.41. The van der Waals surface area contributed by atoms with Gasteiger partial charge in [0.15, 0.2) is 0 Å². The Labute approximate surface area is 93.6 Å². The van der Waals surface area contributed by atoms with E-state index in [-0.39, 0.29) is 0 Å². The van der Waals surface area contributed by atoms with E-state index in [4.69, 9.17) is 0 Å². The monoisotopic (exact) mass is 208 g/mol. The molecule has 0 amide bonds. The average Bonchev–Trinajstić information content (AvgIpc) is 2.16. The van der Waals surface area contributed by atoms with E-state index in [1.165, 1.54) is 51.4 Å². The molecule has 0 aromatic heterocycles. The number of carbonyl (C=O) groups is 1. The lowest BCUT2D eigenvalue weighted by Crippen LogP contribution is -2.28. The maximum Gasteiger partial charge on any atom is 0.136 e. The normalized spacial score (nSPS) is 32.7. The zero-order valence-electron chi connectivity index (χ0n) is 10.0. The van der Waals surface area contributed by atoms with Crippen LogP contribution in [0.5, 0.6) is 0 Å². The van der Waals surface area contributed by atoms with Crippen molar-refractivity contribution in [2.45, 2.75) is 64.7 Å². The predicted molar refractivity (Wildman–Crippen MR) is 62.7 cm³/mol. The molecule has 2 rings (SSSR count). The third-order valence-corrected chi connectivity index (χ3v) is 4.41. The van der Waals surface area contributed by atoms with Crippen molar-refractivity contribution in [3.63, 3.8) is 0 Å². The zero-order valence-corrected chi connectivity index (χ0v) is 10.0. The van der Waals surface area contributed by atoms with E-state index in [9.17, 15) is 4.79 Å². The fourth-order valence-corrected chi connectivity index (χ4v) is 3.23. The van der Waals surface area contributed by atoms with E-state index in [2.05, 4.69) is 6.92 Å². The highest BCUT2D eigenvalue weighted by Crippen LogP contribution is 2.38. The van der Waals surface area contributed by atoms with Crippen molar-refractivity contribution in [2.24, 2.45) is 17.8 Å². The van der Waals surface area contributed by atoms with Gasteiger partial charge in [0.05, 0.1) is 0 Å². The van der Waals surface area contributed by atoms with Gasteiger partial charge in [-0.2, -0.15) is 0 Å². The Morgan fingerprint density at radius 2 is 2.00 bits per heavy atom. The molecule has 0 spiro atoms. The van der Waals surface area contributed by atoms with Gasteiger partial charge in [-0.3, -0.25) is 4.79 Å². The number of ketones is 1. The van der Waals surface area contributed by atoms with Crippen LogP contribution in [0, 0.1) is 17.8 Å². The van der Waals surface area contributed by atoms with Crippen molar-refractivity contribution in [3.05, 3.63) is 0 Å². The summed E-state index contributed by atoms with van der Waals surface area (Å²) in [6.07, 6.45) is 11.3. The number of carbonyl (C=O) groups excluding carboxylic acids is 1. The van der Waals surface area contributed by atoms with Crippen LogP contribution in [0.25, 0.3) is 0 Å². The molecular formula is C14H24O. The van der Waals surface area contributed by atoms with Gasteiger partial charge in [-0.15, -0.1) is 0 Å². The van der Waals surface area contributed by atoms with Gasteiger partial charge in [-0.05, 0) is 31.1 Å². The topological polar surface area (TPSA) is 17.1 Å². The van der Waals surface area contributed by atoms with Gasteiger partial charge in [0.25, 0.3) is 0 Å². The number of hydrogen-bond donors (Lipinski definition) is 0. The number of hydrogen-bond acceptors (Lipinski definition) is 1. The van der Waals surface area contributed by atoms with Crippen molar-refractivity contribution >= 4 is 5.78 Å². The van der Waals surface area contributed by atoms with Crippen LogP contribution in [-0.2, 0) is 4.79 Å². The van der Waals surface area contributed by atoms with Gasteiger partial charge >= 0.3 is 0 Å². The molecule has 15 heavy (non-hydrogen) atoms. The van der Waals surface area contributed by atoms with Gasteiger partial charge in [0, 0.05) is 12.3 Å². The summed E-state index contributed by atoms with van der Waals surface area (Å²) < 4.78 is 0. The van der Waals surface area contributed by atoms with E-state index in [1.807, 2.05) is 0 Å². The molecule has 0 aliphatic heterocycles. The van der Waals surface area contributed by atoms with Crippen LogP contribution >= 0.6 is 0 Å². The molecule has 2 aliphatic carbocycles. The van der Waals surface area contributed by atoms with Crippen LogP contribution in [-0.4, -0.2) is 5.78 Å². The first-order chi connectivity index (χ1) is 7.29. The van der Waals surface area contributed by atoms with Gasteiger partial charge in [0.1, 0.15) is 5.78 Å². The largest absolute Gasteiger partial charge is 0.299 e. The Morgan fingerprint density at radius 3 is 2.60 bits per heavy atom. The van der Waals surface area contributed by atoms with Gasteiger partial charge in [-0.1, -0.05) is 39.0 Å². The fourth-order valence-electron chi connectivity index (χ4n) is 3.23. The second-order valence-electron chi connectivity index (χ2n) is 5.62.